The average Bonchev–Trinajstić information content (AvgIpc) is 3.09. The van der Waals surface area contributed by atoms with Gasteiger partial charge in [0.1, 0.15) is 17.4 Å². The summed E-state index contributed by atoms with van der Waals surface area (Å²) < 4.78 is 48.4. The number of piperidine rings is 1. The number of H-pyrrole nitrogens is 1. The normalized spacial score (nSPS) is 16.7. The van der Waals surface area contributed by atoms with Crippen molar-refractivity contribution in [2.45, 2.75) is 25.0 Å². The fourth-order valence-electron chi connectivity index (χ4n) is 3.30. The van der Waals surface area contributed by atoms with Gasteiger partial charge in [-0.05, 0) is 43.6 Å². The third-order valence-corrected chi connectivity index (χ3v) is 5.14. The molecule has 1 unspecified atom stereocenters. The summed E-state index contributed by atoms with van der Waals surface area (Å²) >= 11 is 3.44. The van der Waals surface area contributed by atoms with Gasteiger partial charge in [-0.15, -0.1) is 0 Å². The molecule has 1 fully saturated rings. The lowest BCUT2D eigenvalue weighted by Crippen LogP contribution is -2.33. The summed E-state index contributed by atoms with van der Waals surface area (Å²) in [6.07, 6.45) is 1.07. The fourth-order valence-corrected chi connectivity index (χ4v) is 3.71. The van der Waals surface area contributed by atoms with E-state index >= 15 is 0 Å². The van der Waals surface area contributed by atoms with Crippen molar-refractivity contribution < 1.29 is 17.9 Å². The first kappa shape index (κ1) is 18.5. The van der Waals surface area contributed by atoms with E-state index in [1.165, 1.54) is 0 Å². The Morgan fingerprint density at radius 3 is 2.63 bits per heavy atom. The van der Waals surface area contributed by atoms with Crippen molar-refractivity contribution in [1.82, 2.24) is 15.3 Å². The van der Waals surface area contributed by atoms with Crippen molar-refractivity contribution >= 4 is 27.0 Å². The van der Waals surface area contributed by atoms with Crippen LogP contribution in [0.2, 0.25) is 0 Å². The van der Waals surface area contributed by atoms with E-state index in [0.29, 0.717) is 5.82 Å². The molecule has 2 N–H and O–H groups in total. The summed E-state index contributed by atoms with van der Waals surface area (Å²) in [6, 6.07) is 8.42. The van der Waals surface area contributed by atoms with E-state index in [2.05, 4.69) is 31.2 Å². The molecule has 1 aromatic heterocycles. The number of hydrogen-bond acceptors (Lipinski definition) is 3. The third kappa shape index (κ3) is 3.74. The van der Waals surface area contributed by atoms with Crippen LogP contribution in [0.1, 0.15) is 30.3 Å². The second-order valence-electron chi connectivity index (χ2n) is 6.53. The molecule has 4 nitrogen and oxygen atoms in total. The van der Waals surface area contributed by atoms with E-state index in [0.717, 1.165) is 42.0 Å². The topological polar surface area (TPSA) is 49.9 Å². The molecule has 4 rings (SSSR count). The second kappa shape index (κ2) is 7.61. The van der Waals surface area contributed by atoms with Gasteiger partial charge in [0.15, 0.2) is 17.5 Å². The third-order valence-electron chi connectivity index (χ3n) is 4.65. The lowest BCUT2D eigenvalue weighted by atomic mass is 10.1. The zero-order valence-electron chi connectivity index (χ0n) is 14.2. The summed E-state index contributed by atoms with van der Waals surface area (Å²) in [4.78, 5) is 7.09. The molecule has 0 amide bonds. The molecule has 1 saturated heterocycles. The summed E-state index contributed by atoms with van der Waals surface area (Å²) in [5.74, 6) is -3.78. The molecule has 1 atom stereocenters. The molecule has 8 heteroatoms. The number of halogens is 4. The Balaban J connectivity index is 1.77. The highest BCUT2D eigenvalue weighted by Gasteiger charge is 2.26. The van der Waals surface area contributed by atoms with Gasteiger partial charge in [-0.3, -0.25) is 0 Å². The van der Waals surface area contributed by atoms with Crippen molar-refractivity contribution in [2.75, 3.05) is 13.1 Å². The largest absolute Gasteiger partial charge is 0.362 e. The molecule has 3 aromatic rings. The van der Waals surface area contributed by atoms with Crippen LogP contribution in [-0.2, 0) is 4.74 Å². The summed E-state index contributed by atoms with van der Waals surface area (Å²) in [7, 11) is 0. The molecule has 2 heterocycles. The van der Waals surface area contributed by atoms with Crippen molar-refractivity contribution in [1.29, 1.82) is 0 Å². The molecule has 142 valence electrons. The minimum absolute atomic E-state index is 0.00163. The van der Waals surface area contributed by atoms with Gasteiger partial charge in [0.25, 0.3) is 0 Å². The van der Waals surface area contributed by atoms with E-state index in [4.69, 9.17) is 4.74 Å². The van der Waals surface area contributed by atoms with E-state index in [9.17, 15) is 13.2 Å². The van der Waals surface area contributed by atoms with Gasteiger partial charge in [-0.25, -0.2) is 18.2 Å². The quantitative estimate of drug-likeness (QED) is 0.584. The predicted octanol–water partition coefficient (Wildman–Crippen LogP) is 4.60. The zero-order chi connectivity index (χ0) is 19.0. The number of benzene rings is 2. The maximum absolute atomic E-state index is 14.1. The molecule has 27 heavy (non-hydrogen) atoms. The SMILES string of the molecule is Fc1cc2[nH]c(C(OC3CCNCC3)c3cccc(Br)c3)nc2c(F)c1F. The summed E-state index contributed by atoms with van der Waals surface area (Å²) in [5.41, 5.74) is 0.663. The number of rotatable bonds is 4. The smallest absolute Gasteiger partial charge is 0.196 e. The van der Waals surface area contributed by atoms with Crippen molar-refractivity contribution in [2.24, 2.45) is 0 Å². The van der Waals surface area contributed by atoms with Gasteiger partial charge in [-0.2, -0.15) is 0 Å². The first-order valence-corrected chi connectivity index (χ1v) is 9.47. The number of fused-ring (bicyclic) bond motifs is 1. The van der Waals surface area contributed by atoms with Gasteiger partial charge in [-0.1, -0.05) is 28.1 Å². The molecule has 0 radical (unpaired) electrons. The van der Waals surface area contributed by atoms with E-state index in [1.807, 2.05) is 24.3 Å². The highest BCUT2D eigenvalue weighted by Crippen LogP contribution is 2.31. The minimum Gasteiger partial charge on any atom is -0.362 e. The van der Waals surface area contributed by atoms with Crippen LogP contribution >= 0.6 is 15.9 Å². The maximum atomic E-state index is 14.1. The predicted molar refractivity (Wildman–Crippen MR) is 98.9 cm³/mol. The Morgan fingerprint density at radius 1 is 1.11 bits per heavy atom. The number of hydrogen-bond donors (Lipinski definition) is 2. The minimum atomic E-state index is -1.53. The Kier molecular flexibility index (Phi) is 5.21. The van der Waals surface area contributed by atoms with E-state index < -0.39 is 23.6 Å². The first-order chi connectivity index (χ1) is 13.0. The number of aromatic amines is 1. The van der Waals surface area contributed by atoms with Crippen molar-refractivity contribution in [3.8, 4) is 0 Å². The van der Waals surface area contributed by atoms with Gasteiger partial charge < -0.3 is 15.0 Å². The van der Waals surface area contributed by atoms with Crippen LogP contribution < -0.4 is 5.32 Å². The standard InChI is InChI=1S/C19H17BrF3N3O/c20-11-3-1-2-10(8-11)18(27-12-4-6-24-7-5-12)19-25-14-9-13(21)15(22)16(23)17(14)26-19/h1-3,8-9,12,18,24H,4-7H2,(H,25,26). The molecule has 0 bridgehead atoms. The first-order valence-electron chi connectivity index (χ1n) is 8.67. The highest BCUT2D eigenvalue weighted by atomic mass is 79.9. The van der Waals surface area contributed by atoms with Crippen LogP contribution in [0.5, 0.6) is 0 Å². The van der Waals surface area contributed by atoms with E-state index in [-0.39, 0.29) is 17.1 Å². The lowest BCUT2D eigenvalue weighted by molar-refractivity contribution is -0.0115. The molecular weight excluding hydrogens is 423 g/mol. The van der Waals surface area contributed by atoms with Crippen molar-refractivity contribution in [3.63, 3.8) is 0 Å². The number of aromatic nitrogens is 2. The van der Waals surface area contributed by atoms with Crippen LogP contribution in [0, 0.1) is 17.5 Å². The zero-order valence-corrected chi connectivity index (χ0v) is 15.8. The summed E-state index contributed by atoms with van der Waals surface area (Å²) in [6.45, 7) is 1.70. The van der Waals surface area contributed by atoms with Crippen LogP contribution in [0.4, 0.5) is 13.2 Å². The average molecular weight is 440 g/mol. The Hall–Kier alpha value is -1.90. The Morgan fingerprint density at radius 2 is 1.89 bits per heavy atom. The maximum Gasteiger partial charge on any atom is 0.196 e. The van der Waals surface area contributed by atoms with Crippen LogP contribution in [0.25, 0.3) is 11.0 Å². The van der Waals surface area contributed by atoms with Crippen LogP contribution in [0.3, 0.4) is 0 Å². The molecule has 0 spiro atoms. The summed E-state index contributed by atoms with van der Waals surface area (Å²) in [5, 5.41) is 3.27. The molecule has 0 saturated carbocycles. The van der Waals surface area contributed by atoms with E-state index in [1.54, 1.807) is 0 Å². The van der Waals surface area contributed by atoms with Crippen LogP contribution in [-0.4, -0.2) is 29.2 Å². The van der Waals surface area contributed by atoms with Gasteiger partial charge in [0, 0.05) is 10.5 Å². The number of ether oxygens (including phenoxy) is 1. The second-order valence-corrected chi connectivity index (χ2v) is 7.44. The van der Waals surface area contributed by atoms with Crippen LogP contribution in [0.15, 0.2) is 34.8 Å². The number of nitrogens with one attached hydrogen (secondary N) is 2. The highest BCUT2D eigenvalue weighted by molar-refractivity contribution is 9.10. The van der Waals surface area contributed by atoms with Gasteiger partial charge in [0.2, 0.25) is 0 Å². The lowest BCUT2D eigenvalue weighted by Gasteiger charge is -2.27. The Labute approximate surface area is 162 Å². The van der Waals surface area contributed by atoms with Gasteiger partial charge >= 0.3 is 0 Å². The van der Waals surface area contributed by atoms with Gasteiger partial charge in [0.05, 0.1) is 11.6 Å². The molecule has 1 aliphatic heterocycles. The van der Waals surface area contributed by atoms with Crippen molar-refractivity contribution in [3.05, 3.63) is 63.6 Å². The Bertz CT molecular complexity index is 972. The molecular formula is C19H17BrF3N3O. The fraction of sp³-hybridized carbons (Fsp3) is 0.316. The molecule has 1 aliphatic rings. The number of imidazole rings is 1. The number of nitrogens with zero attached hydrogens (tertiary/aromatic N) is 1. The molecule has 2 aromatic carbocycles. The monoisotopic (exact) mass is 439 g/mol. The molecule has 0 aliphatic carbocycles.